The summed E-state index contributed by atoms with van der Waals surface area (Å²) < 4.78 is 5.75. The van der Waals surface area contributed by atoms with Crippen molar-refractivity contribution < 1.29 is 14.1 Å². The van der Waals surface area contributed by atoms with Crippen molar-refractivity contribution in [3.8, 4) is 11.3 Å². The Labute approximate surface area is 157 Å². The van der Waals surface area contributed by atoms with Crippen molar-refractivity contribution in [3.63, 3.8) is 0 Å². The number of nitro groups is 1. The van der Waals surface area contributed by atoms with Gasteiger partial charge in [-0.3, -0.25) is 14.9 Å². The number of hydrogen-bond acceptors (Lipinski definition) is 5. The molecule has 0 bridgehead atoms. The van der Waals surface area contributed by atoms with E-state index >= 15 is 0 Å². The molecule has 0 aliphatic carbocycles. The molecule has 1 aromatic heterocycles. The predicted octanol–water partition coefficient (Wildman–Crippen LogP) is 5.84. The molecule has 0 unspecified atom stereocenters. The molecule has 26 heavy (non-hydrogen) atoms. The zero-order chi connectivity index (χ0) is 18.3. The van der Waals surface area contributed by atoms with Crippen LogP contribution in [0.5, 0.6) is 0 Å². The van der Waals surface area contributed by atoms with Crippen LogP contribution in [0.15, 0.2) is 68.8 Å². The lowest BCUT2D eigenvalue weighted by Gasteiger charge is -1.99. The number of benzene rings is 2. The van der Waals surface area contributed by atoms with Crippen LogP contribution in [0.3, 0.4) is 0 Å². The number of ketones is 1. The molecular weight excluding hydrogens is 374 g/mol. The van der Waals surface area contributed by atoms with E-state index in [0.717, 1.165) is 4.90 Å². The molecule has 0 saturated carbocycles. The van der Waals surface area contributed by atoms with E-state index in [2.05, 4.69) is 0 Å². The van der Waals surface area contributed by atoms with Crippen LogP contribution < -0.4 is 0 Å². The van der Waals surface area contributed by atoms with Crippen LogP contribution in [0.4, 0.5) is 5.69 Å². The molecule has 0 N–H and O–H groups in total. The minimum atomic E-state index is -0.539. The molecule has 0 fully saturated rings. The highest BCUT2D eigenvalue weighted by Gasteiger charge is 2.25. The van der Waals surface area contributed by atoms with Crippen molar-refractivity contribution in [2.45, 2.75) is 4.90 Å². The van der Waals surface area contributed by atoms with Crippen molar-refractivity contribution in [1.82, 2.24) is 0 Å². The molecule has 0 saturated heterocycles. The van der Waals surface area contributed by atoms with Crippen molar-refractivity contribution in [2.24, 2.45) is 0 Å². The Hall–Kier alpha value is -2.83. The zero-order valence-corrected chi connectivity index (χ0v) is 14.7. The van der Waals surface area contributed by atoms with Gasteiger partial charge in [0.05, 0.1) is 9.83 Å². The number of fused-ring (bicyclic) bond motifs is 1. The Kier molecular flexibility index (Phi) is 4.14. The van der Waals surface area contributed by atoms with Gasteiger partial charge in [-0.15, -0.1) is 0 Å². The van der Waals surface area contributed by atoms with E-state index in [4.69, 9.17) is 16.0 Å². The molecule has 2 heterocycles. The van der Waals surface area contributed by atoms with Gasteiger partial charge < -0.3 is 4.42 Å². The SMILES string of the molecule is O=C1/C(=C\c2ccc(-c3ccc(Cl)c([N+](=O)[O-])c3)o2)Sc2ccccc21. The van der Waals surface area contributed by atoms with Crippen LogP contribution in [-0.2, 0) is 0 Å². The number of hydrogen-bond donors (Lipinski definition) is 0. The van der Waals surface area contributed by atoms with Gasteiger partial charge in [0.1, 0.15) is 16.5 Å². The molecule has 128 valence electrons. The summed E-state index contributed by atoms with van der Waals surface area (Å²) in [6.07, 6.45) is 1.68. The van der Waals surface area contributed by atoms with Gasteiger partial charge in [0.25, 0.3) is 5.69 Å². The lowest BCUT2D eigenvalue weighted by atomic mass is 10.1. The van der Waals surface area contributed by atoms with Gasteiger partial charge in [0.2, 0.25) is 5.78 Å². The van der Waals surface area contributed by atoms with E-state index in [1.807, 2.05) is 18.2 Å². The van der Waals surface area contributed by atoms with E-state index < -0.39 is 4.92 Å². The number of halogens is 1. The average Bonchev–Trinajstić information content (AvgIpc) is 3.21. The van der Waals surface area contributed by atoms with Gasteiger partial charge >= 0.3 is 0 Å². The fraction of sp³-hybridized carbons (Fsp3) is 0. The summed E-state index contributed by atoms with van der Waals surface area (Å²) >= 11 is 7.23. The minimum Gasteiger partial charge on any atom is -0.457 e. The Bertz CT molecular complexity index is 1090. The third-order valence-corrected chi connectivity index (χ3v) is 5.32. The fourth-order valence-corrected chi connectivity index (χ4v) is 3.87. The largest absolute Gasteiger partial charge is 0.457 e. The molecule has 0 amide bonds. The smallest absolute Gasteiger partial charge is 0.288 e. The molecule has 7 heteroatoms. The lowest BCUT2D eigenvalue weighted by molar-refractivity contribution is -0.384. The Balaban J connectivity index is 1.65. The Morgan fingerprint density at radius 3 is 2.69 bits per heavy atom. The summed E-state index contributed by atoms with van der Waals surface area (Å²) in [5.41, 5.74) is 1.04. The quantitative estimate of drug-likeness (QED) is 0.323. The van der Waals surface area contributed by atoms with Crippen LogP contribution in [-0.4, -0.2) is 10.7 Å². The fourth-order valence-electron chi connectivity index (χ4n) is 2.66. The first kappa shape index (κ1) is 16.6. The van der Waals surface area contributed by atoms with E-state index in [-0.39, 0.29) is 16.5 Å². The van der Waals surface area contributed by atoms with E-state index in [1.54, 1.807) is 30.3 Å². The second kappa shape index (κ2) is 6.48. The summed E-state index contributed by atoms with van der Waals surface area (Å²) in [6.45, 7) is 0. The molecule has 1 aliphatic heterocycles. The van der Waals surface area contributed by atoms with Crippen molar-refractivity contribution in [1.29, 1.82) is 0 Å². The summed E-state index contributed by atoms with van der Waals surface area (Å²) in [5.74, 6) is 0.927. The number of rotatable bonds is 3. The molecule has 4 rings (SSSR count). The van der Waals surface area contributed by atoms with E-state index in [0.29, 0.717) is 27.6 Å². The van der Waals surface area contributed by atoms with Crippen molar-refractivity contribution in [2.75, 3.05) is 0 Å². The van der Waals surface area contributed by atoms with E-state index in [9.17, 15) is 14.9 Å². The predicted molar refractivity (Wildman–Crippen MR) is 100 cm³/mol. The third-order valence-electron chi connectivity index (χ3n) is 3.90. The van der Waals surface area contributed by atoms with Crippen LogP contribution in [0.2, 0.25) is 5.02 Å². The van der Waals surface area contributed by atoms with Gasteiger partial charge in [-0.1, -0.05) is 35.5 Å². The van der Waals surface area contributed by atoms with Gasteiger partial charge in [-0.05, 0) is 42.5 Å². The number of carbonyl (C=O) groups is 1. The van der Waals surface area contributed by atoms with Crippen LogP contribution in [0.1, 0.15) is 16.1 Å². The molecule has 0 spiro atoms. The molecule has 0 radical (unpaired) electrons. The minimum absolute atomic E-state index is 0.0364. The monoisotopic (exact) mass is 383 g/mol. The number of nitrogens with zero attached hydrogens (tertiary/aromatic N) is 1. The normalized spacial score (nSPS) is 14.7. The molecule has 3 aromatic rings. The molecule has 1 aliphatic rings. The first-order valence-electron chi connectivity index (χ1n) is 7.60. The molecule has 5 nitrogen and oxygen atoms in total. The molecular formula is C19H10ClNO4S. The first-order chi connectivity index (χ1) is 12.5. The van der Waals surface area contributed by atoms with Crippen molar-refractivity contribution in [3.05, 3.63) is 86.0 Å². The average molecular weight is 384 g/mol. The lowest BCUT2D eigenvalue weighted by Crippen LogP contribution is -1.93. The Morgan fingerprint density at radius 1 is 1.12 bits per heavy atom. The highest BCUT2D eigenvalue weighted by atomic mass is 35.5. The summed E-state index contributed by atoms with van der Waals surface area (Å²) in [7, 11) is 0. The topological polar surface area (TPSA) is 73.3 Å². The zero-order valence-electron chi connectivity index (χ0n) is 13.1. The summed E-state index contributed by atoms with van der Waals surface area (Å²) in [6, 6.07) is 15.3. The third kappa shape index (κ3) is 2.94. The highest BCUT2D eigenvalue weighted by Crippen LogP contribution is 2.41. The van der Waals surface area contributed by atoms with Gasteiger partial charge in [0, 0.05) is 22.1 Å². The van der Waals surface area contributed by atoms with Crippen molar-refractivity contribution >= 4 is 40.9 Å². The summed E-state index contributed by atoms with van der Waals surface area (Å²) in [4.78, 5) is 24.4. The highest BCUT2D eigenvalue weighted by molar-refractivity contribution is 8.04. The molecule has 0 atom stereocenters. The molecule has 2 aromatic carbocycles. The number of thioether (sulfide) groups is 1. The van der Waals surface area contributed by atoms with Gasteiger partial charge in [-0.25, -0.2) is 0 Å². The van der Waals surface area contributed by atoms with Gasteiger partial charge in [-0.2, -0.15) is 0 Å². The number of nitro benzene ring substituents is 1. The maximum atomic E-state index is 12.4. The maximum Gasteiger partial charge on any atom is 0.288 e. The van der Waals surface area contributed by atoms with Crippen LogP contribution in [0.25, 0.3) is 17.4 Å². The van der Waals surface area contributed by atoms with Gasteiger partial charge in [0.15, 0.2) is 0 Å². The van der Waals surface area contributed by atoms with Crippen LogP contribution in [0, 0.1) is 10.1 Å². The maximum absolute atomic E-state index is 12.4. The first-order valence-corrected chi connectivity index (χ1v) is 8.80. The van der Waals surface area contributed by atoms with Crippen LogP contribution >= 0.6 is 23.4 Å². The number of Topliss-reactive ketones (excluding diaryl/α,β-unsaturated/α-hetero) is 1. The Morgan fingerprint density at radius 2 is 1.92 bits per heavy atom. The number of allylic oxidation sites excluding steroid dienone is 1. The second-order valence-corrected chi connectivity index (χ2v) is 7.05. The van der Waals surface area contributed by atoms with E-state index in [1.165, 1.54) is 23.9 Å². The standard InChI is InChI=1S/C19H10ClNO4S/c20-14-7-5-11(9-15(14)21(23)24)16-8-6-12(25-16)10-18-19(22)13-3-1-2-4-17(13)26-18/h1-10H/b18-10+. The summed E-state index contributed by atoms with van der Waals surface area (Å²) in [5, 5.41) is 11.1. The number of carbonyl (C=O) groups excluding carboxylic acids is 1. The second-order valence-electron chi connectivity index (χ2n) is 5.56. The number of furan rings is 1.